The van der Waals surface area contributed by atoms with E-state index in [-0.39, 0.29) is 25.1 Å². The number of nitrogens with zero attached hydrogens (tertiary/aromatic N) is 6. The van der Waals surface area contributed by atoms with Crippen LogP contribution in [0.5, 0.6) is 0 Å². The Morgan fingerprint density at radius 2 is 1.97 bits per heavy atom. The Hall–Kier alpha value is -3.67. The lowest BCUT2D eigenvalue weighted by atomic mass is 10.0. The van der Waals surface area contributed by atoms with E-state index in [1.54, 1.807) is 24.5 Å². The Morgan fingerprint density at radius 1 is 1.13 bits per heavy atom. The summed E-state index contributed by atoms with van der Waals surface area (Å²) in [6.45, 7) is -0.199. The lowest BCUT2D eigenvalue weighted by molar-refractivity contribution is -0.191. The van der Waals surface area contributed by atoms with Gasteiger partial charge in [-0.25, -0.2) is 9.97 Å². The maximum atomic E-state index is 13.3. The standard InChI is InChI=1S/C21H15F3N6/c22-21(23,24)20(4-5-20)13-30-12-15(11-27-30)17-2-1-16(10-25)28-19(17)14-3-7-29-8-6-26-18(29)9-14/h1-3,6-9,11-12H,4-5,13H2. The van der Waals surface area contributed by atoms with Crippen molar-refractivity contribution in [2.24, 2.45) is 5.41 Å². The van der Waals surface area contributed by atoms with E-state index in [1.165, 1.54) is 10.9 Å². The molecule has 6 nitrogen and oxygen atoms in total. The fourth-order valence-electron chi connectivity index (χ4n) is 3.61. The highest BCUT2D eigenvalue weighted by molar-refractivity contribution is 5.81. The Balaban J connectivity index is 1.55. The zero-order valence-electron chi connectivity index (χ0n) is 15.6. The molecule has 0 spiro atoms. The highest BCUT2D eigenvalue weighted by Gasteiger charge is 2.63. The lowest BCUT2D eigenvalue weighted by Gasteiger charge is -2.18. The molecular weight excluding hydrogens is 393 g/mol. The summed E-state index contributed by atoms with van der Waals surface area (Å²) in [7, 11) is 0. The van der Waals surface area contributed by atoms with Gasteiger partial charge < -0.3 is 4.40 Å². The highest BCUT2D eigenvalue weighted by atomic mass is 19.4. The second-order valence-corrected chi connectivity index (χ2v) is 7.52. The number of fused-ring (bicyclic) bond motifs is 1. The summed E-state index contributed by atoms with van der Waals surface area (Å²) in [4.78, 5) is 8.72. The topological polar surface area (TPSA) is 71.8 Å². The van der Waals surface area contributed by atoms with Crippen LogP contribution in [0.25, 0.3) is 28.0 Å². The molecule has 1 saturated carbocycles. The van der Waals surface area contributed by atoms with E-state index >= 15 is 0 Å². The fourth-order valence-corrected chi connectivity index (χ4v) is 3.61. The average molecular weight is 408 g/mol. The van der Waals surface area contributed by atoms with E-state index in [9.17, 15) is 18.4 Å². The summed E-state index contributed by atoms with van der Waals surface area (Å²) in [5.74, 6) is 0. The molecule has 30 heavy (non-hydrogen) atoms. The van der Waals surface area contributed by atoms with Gasteiger partial charge in [-0.3, -0.25) is 4.68 Å². The monoisotopic (exact) mass is 408 g/mol. The second-order valence-electron chi connectivity index (χ2n) is 7.52. The molecule has 0 aromatic carbocycles. The van der Waals surface area contributed by atoms with E-state index in [4.69, 9.17) is 0 Å². The normalized spacial score (nSPS) is 15.3. The van der Waals surface area contributed by atoms with Crippen molar-refractivity contribution in [2.75, 3.05) is 0 Å². The van der Waals surface area contributed by atoms with Crippen molar-refractivity contribution >= 4 is 5.65 Å². The van der Waals surface area contributed by atoms with Crippen LogP contribution in [-0.2, 0) is 6.54 Å². The van der Waals surface area contributed by atoms with Crippen LogP contribution in [0.15, 0.2) is 55.2 Å². The molecular formula is C21H15F3N6. The predicted octanol–water partition coefficient (Wildman–Crippen LogP) is 4.47. The lowest BCUT2D eigenvalue weighted by Crippen LogP contribution is -2.29. The summed E-state index contributed by atoms with van der Waals surface area (Å²) in [5, 5.41) is 13.4. The van der Waals surface area contributed by atoms with Gasteiger partial charge in [0.2, 0.25) is 0 Å². The van der Waals surface area contributed by atoms with Gasteiger partial charge in [0.05, 0.1) is 23.9 Å². The number of pyridine rings is 2. The first-order chi connectivity index (χ1) is 14.4. The van der Waals surface area contributed by atoms with E-state index in [2.05, 4.69) is 15.1 Å². The molecule has 0 saturated heterocycles. The Kier molecular flexibility index (Phi) is 3.93. The van der Waals surface area contributed by atoms with Gasteiger partial charge in [0.1, 0.15) is 17.4 Å². The first kappa shape index (κ1) is 18.4. The molecule has 4 heterocycles. The molecule has 1 fully saturated rings. The molecule has 4 aromatic heterocycles. The third-order valence-corrected chi connectivity index (χ3v) is 5.54. The molecule has 150 valence electrons. The van der Waals surface area contributed by atoms with Gasteiger partial charge >= 0.3 is 6.18 Å². The fraction of sp³-hybridized carbons (Fsp3) is 0.238. The molecule has 0 bridgehead atoms. The molecule has 0 radical (unpaired) electrons. The van der Waals surface area contributed by atoms with Crippen LogP contribution in [-0.4, -0.2) is 30.3 Å². The van der Waals surface area contributed by atoms with Crippen LogP contribution in [0.1, 0.15) is 18.5 Å². The Morgan fingerprint density at radius 3 is 2.70 bits per heavy atom. The van der Waals surface area contributed by atoms with Crippen molar-refractivity contribution in [1.82, 2.24) is 24.1 Å². The molecule has 9 heteroatoms. The number of imidazole rings is 1. The largest absolute Gasteiger partial charge is 0.396 e. The van der Waals surface area contributed by atoms with Crippen LogP contribution in [0.3, 0.4) is 0 Å². The molecule has 0 unspecified atom stereocenters. The SMILES string of the molecule is N#Cc1ccc(-c2cnn(CC3(C(F)(F)F)CC3)c2)c(-c2ccn3ccnc3c2)n1. The second kappa shape index (κ2) is 6.42. The minimum Gasteiger partial charge on any atom is -0.307 e. The number of rotatable bonds is 4. The third kappa shape index (κ3) is 3.01. The van der Waals surface area contributed by atoms with Crippen LogP contribution < -0.4 is 0 Å². The van der Waals surface area contributed by atoms with E-state index in [1.807, 2.05) is 35.0 Å². The van der Waals surface area contributed by atoms with Crippen molar-refractivity contribution < 1.29 is 13.2 Å². The van der Waals surface area contributed by atoms with Crippen LogP contribution in [0.4, 0.5) is 13.2 Å². The van der Waals surface area contributed by atoms with Gasteiger partial charge in [0.25, 0.3) is 0 Å². The van der Waals surface area contributed by atoms with Gasteiger partial charge in [-0.15, -0.1) is 0 Å². The average Bonchev–Trinajstić information content (AvgIpc) is 3.16. The van der Waals surface area contributed by atoms with Crippen LogP contribution in [0, 0.1) is 16.7 Å². The molecule has 4 aromatic rings. The molecule has 1 aliphatic carbocycles. The van der Waals surface area contributed by atoms with Crippen molar-refractivity contribution in [3.63, 3.8) is 0 Å². The number of halogens is 3. The third-order valence-electron chi connectivity index (χ3n) is 5.54. The smallest absolute Gasteiger partial charge is 0.307 e. The summed E-state index contributed by atoms with van der Waals surface area (Å²) >= 11 is 0. The first-order valence-corrected chi connectivity index (χ1v) is 9.32. The molecule has 0 N–H and O–H groups in total. The summed E-state index contributed by atoms with van der Waals surface area (Å²) < 4.78 is 43.1. The number of alkyl halides is 3. The number of aromatic nitrogens is 5. The zero-order chi connectivity index (χ0) is 20.9. The first-order valence-electron chi connectivity index (χ1n) is 9.32. The number of nitriles is 1. The minimum absolute atomic E-state index is 0.125. The van der Waals surface area contributed by atoms with Crippen molar-refractivity contribution in [3.8, 4) is 28.5 Å². The molecule has 5 rings (SSSR count). The van der Waals surface area contributed by atoms with Gasteiger partial charge in [-0.2, -0.15) is 23.5 Å². The van der Waals surface area contributed by atoms with E-state index < -0.39 is 11.6 Å². The minimum atomic E-state index is -4.24. The maximum Gasteiger partial charge on any atom is 0.396 e. The Bertz CT molecular complexity index is 1290. The number of hydrogen-bond acceptors (Lipinski definition) is 4. The van der Waals surface area contributed by atoms with Crippen molar-refractivity contribution in [1.29, 1.82) is 5.26 Å². The Labute approximate surface area is 169 Å². The van der Waals surface area contributed by atoms with Crippen LogP contribution >= 0.6 is 0 Å². The quantitative estimate of drug-likeness (QED) is 0.499. The van der Waals surface area contributed by atoms with Gasteiger partial charge in [0.15, 0.2) is 0 Å². The van der Waals surface area contributed by atoms with Gasteiger partial charge in [0, 0.05) is 41.5 Å². The van der Waals surface area contributed by atoms with Crippen molar-refractivity contribution in [2.45, 2.75) is 25.6 Å². The summed E-state index contributed by atoms with van der Waals surface area (Å²) in [5.41, 5.74) is 1.93. The summed E-state index contributed by atoms with van der Waals surface area (Å²) in [6, 6.07) is 9.07. The van der Waals surface area contributed by atoms with E-state index in [0.29, 0.717) is 16.8 Å². The number of hydrogen-bond donors (Lipinski definition) is 0. The molecule has 1 aliphatic rings. The van der Waals surface area contributed by atoms with Gasteiger partial charge in [-0.05, 0) is 37.1 Å². The highest BCUT2D eigenvalue weighted by Crippen LogP contribution is 2.58. The van der Waals surface area contributed by atoms with E-state index in [0.717, 1.165) is 11.2 Å². The van der Waals surface area contributed by atoms with Gasteiger partial charge in [-0.1, -0.05) is 0 Å². The zero-order valence-corrected chi connectivity index (χ0v) is 15.6. The summed E-state index contributed by atoms with van der Waals surface area (Å²) in [6.07, 6.45) is 4.49. The van der Waals surface area contributed by atoms with Crippen LogP contribution in [0.2, 0.25) is 0 Å². The predicted molar refractivity (Wildman–Crippen MR) is 102 cm³/mol. The maximum absolute atomic E-state index is 13.3. The van der Waals surface area contributed by atoms with Crippen molar-refractivity contribution in [3.05, 3.63) is 60.9 Å². The molecule has 0 aliphatic heterocycles. The molecule has 0 atom stereocenters. The molecule has 0 amide bonds.